The number of aromatic nitrogens is 7. The number of thiophene rings is 1. The van der Waals surface area contributed by atoms with Gasteiger partial charge < -0.3 is 15.4 Å². The van der Waals surface area contributed by atoms with E-state index in [2.05, 4.69) is 40.4 Å². The number of H-pyrrole nitrogens is 2. The standard InChI is InChI=1S/C28H25FN8OS/c29-22-7-6-21(39-22)19-8-9-31-26-23(19)34-27(35-26)24-20-11-17(13-32-25(20)37-36-24)16-10-18(14-30-12-16)33-28(38)15-4-2-1-3-5-15/h6-15,28,33,38H,1-5H2,(H,31,34,35)(H,32,36,37). The predicted octanol–water partition coefficient (Wildman–Crippen LogP) is 6.14. The molecule has 196 valence electrons. The first-order chi connectivity index (χ1) is 19.1. The maximum atomic E-state index is 13.7. The molecular formula is C28H25FN8OS. The van der Waals surface area contributed by atoms with Crippen LogP contribution in [-0.4, -0.2) is 46.5 Å². The van der Waals surface area contributed by atoms with Crippen molar-refractivity contribution in [3.05, 3.63) is 60.3 Å². The second-order valence-corrected chi connectivity index (χ2v) is 10.9. The number of anilines is 1. The van der Waals surface area contributed by atoms with Crippen molar-refractivity contribution in [3.63, 3.8) is 0 Å². The van der Waals surface area contributed by atoms with E-state index < -0.39 is 6.23 Å². The van der Waals surface area contributed by atoms with Gasteiger partial charge in [0.15, 0.2) is 22.2 Å². The van der Waals surface area contributed by atoms with E-state index in [0.29, 0.717) is 22.8 Å². The molecule has 0 aliphatic heterocycles. The second kappa shape index (κ2) is 9.83. The molecule has 6 heterocycles. The summed E-state index contributed by atoms with van der Waals surface area (Å²) in [7, 11) is 0. The summed E-state index contributed by atoms with van der Waals surface area (Å²) in [5.41, 5.74) is 5.81. The Balaban J connectivity index is 1.22. The summed E-state index contributed by atoms with van der Waals surface area (Å²) in [5.74, 6) is 0.819. The molecule has 6 aromatic heterocycles. The van der Waals surface area contributed by atoms with E-state index in [1.54, 1.807) is 30.9 Å². The molecule has 9 nitrogen and oxygen atoms in total. The van der Waals surface area contributed by atoms with E-state index in [1.165, 1.54) is 12.5 Å². The number of aromatic amines is 2. The first kappa shape index (κ1) is 23.9. The summed E-state index contributed by atoms with van der Waals surface area (Å²) >= 11 is 1.08. The largest absolute Gasteiger partial charge is 0.374 e. The fraction of sp³-hybridized carbons (Fsp3) is 0.250. The van der Waals surface area contributed by atoms with Gasteiger partial charge in [0.2, 0.25) is 0 Å². The number of hydrogen-bond donors (Lipinski definition) is 4. The van der Waals surface area contributed by atoms with Gasteiger partial charge >= 0.3 is 0 Å². The van der Waals surface area contributed by atoms with Crippen molar-refractivity contribution in [2.24, 2.45) is 5.92 Å². The van der Waals surface area contributed by atoms with Crippen molar-refractivity contribution >= 4 is 39.2 Å². The van der Waals surface area contributed by atoms with Gasteiger partial charge in [0, 0.05) is 46.1 Å². The minimum Gasteiger partial charge on any atom is -0.374 e. The number of hydrogen-bond acceptors (Lipinski definition) is 8. The van der Waals surface area contributed by atoms with Crippen molar-refractivity contribution in [1.29, 1.82) is 0 Å². The van der Waals surface area contributed by atoms with Gasteiger partial charge in [0.1, 0.15) is 11.9 Å². The molecule has 0 amide bonds. The minimum atomic E-state index is -0.597. The molecule has 0 saturated heterocycles. The highest BCUT2D eigenvalue weighted by molar-refractivity contribution is 7.14. The van der Waals surface area contributed by atoms with Crippen LogP contribution >= 0.6 is 11.3 Å². The Bertz CT molecular complexity index is 1790. The average Bonchev–Trinajstić information content (AvgIpc) is 3.71. The smallest absolute Gasteiger partial charge is 0.181 e. The molecule has 7 rings (SSSR count). The zero-order valence-electron chi connectivity index (χ0n) is 20.9. The van der Waals surface area contributed by atoms with Gasteiger partial charge in [0.05, 0.1) is 22.8 Å². The molecule has 0 spiro atoms. The maximum absolute atomic E-state index is 13.7. The molecular weight excluding hydrogens is 515 g/mol. The van der Waals surface area contributed by atoms with Gasteiger partial charge in [-0.25, -0.2) is 15.0 Å². The topological polar surface area (TPSA) is 128 Å². The lowest BCUT2D eigenvalue weighted by atomic mass is 9.88. The van der Waals surface area contributed by atoms with Gasteiger partial charge in [-0.2, -0.15) is 9.49 Å². The minimum absolute atomic E-state index is 0.245. The van der Waals surface area contributed by atoms with Crippen LogP contribution in [0, 0.1) is 11.0 Å². The Morgan fingerprint density at radius 1 is 1.00 bits per heavy atom. The summed E-state index contributed by atoms with van der Waals surface area (Å²) in [5, 5.41) is 21.9. The molecule has 6 aromatic rings. The van der Waals surface area contributed by atoms with Crippen LogP contribution in [0.4, 0.5) is 10.1 Å². The summed E-state index contributed by atoms with van der Waals surface area (Å²) in [6.07, 6.45) is 12.0. The van der Waals surface area contributed by atoms with E-state index in [1.807, 2.05) is 18.2 Å². The number of imidazole rings is 1. The van der Waals surface area contributed by atoms with Crippen molar-refractivity contribution in [3.8, 4) is 33.1 Å². The Hall–Kier alpha value is -4.22. The highest BCUT2D eigenvalue weighted by Crippen LogP contribution is 2.34. The molecule has 0 aromatic carbocycles. The highest BCUT2D eigenvalue weighted by Gasteiger charge is 2.22. The van der Waals surface area contributed by atoms with Crippen LogP contribution in [0.25, 0.3) is 55.3 Å². The molecule has 1 unspecified atom stereocenters. The SMILES string of the molecule is OC(Nc1cncc(-c2cnc3n[nH]c(-c4nc5nccc(-c6ccc(F)s6)c5[nH]4)c3c2)c1)C1CCCCC1. The van der Waals surface area contributed by atoms with E-state index in [0.717, 1.165) is 75.2 Å². The molecule has 11 heteroatoms. The first-order valence-corrected chi connectivity index (χ1v) is 13.8. The maximum Gasteiger partial charge on any atom is 0.181 e. The molecule has 0 radical (unpaired) electrons. The monoisotopic (exact) mass is 540 g/mol. The van der Waals surface area contributed by atoms with E-state index in [-0.39, 0.29) is 11.0 Å². The number of rotatable bonds is 6. The van der Waals surface area contributed by atoms with E-state index in [4.69, 9.17) is 0 Å². The summed E-state index contributed by atoms with van der Waals surface area (Å²) in [6, 6.07) is 9.02. The second-order valence-electron chi connectivity index (χ2n) is 9.89. The fourth-order valence-corrected chi connectivity index (χ4v) is 6.11. The van der Waals surface area contributed by atoms with Crippen LogP contribution in [0.2, 0.25) is 0 Å². The lowest BCUT2D eigenvalue weighted by Gasteiger charge is -2.27. The lowest BCUT2D eigenvalue weighted by Crippen LogP contribution is -2.30. The van der Waals surface area contributed by atoms with Crippen molar-refractivity contribution in [1.82, 2.24) is 35.1 Å². The molecule has 1 saturated carbocycles. The molecule has 4 N–H and O–H groups in total. The van der Waals surface area contributed by atoms with Crippen LogP contribution in [0.3, 0.4) is 0 Å². The van der Waals surface area contributed by atoms with Gasteiger partial charge in [0.25, 0.3) is 0 Å². The van der Waals surface area contributed by atoms with Crippen molar-refractivity contribution in [2.45, 2.75) is 38.3 Å². The Morgan fingerprint density at radius 2 is 1.87 bits per heavy atom. The molecule has 1 aliphatic carbocycles. The highest BCUT2D eigenvalue weighted by atomic mass is 32.1. The Kier molecular flexibility index (Phi) is 6.01. The third-order valence-electron chi connectivity index (χ3n) is 7.36. The molecule has 1 aliphatic rings. The van der Waals surface area contributed by atoms with Crippen molar-refractivity contribution in [2.75, 3.05) is 5.32 Å². The third kappa shape index (κ3) is 4.53. The van der Waals surface area contributed by atoms with Crippen LogP contribution in [0.15, 0.2) is 55.1 Å². The molecule has 39 heavy (non-hydrogen) atoms. The predicted molar refractivity (Wildman–Crippen MR) is 149 cm³/mol. The first-order valence-electron chi connectivity index (χ1n) is 13.0. The Morgan fingerprint density at radius 3 is 2.72 bits per heavy atom. The van der Waals surface area contributed by atoms with E-state index in [9.17, 15) is 9.50 Å². The van der Waals surface area contributed by atoms with Gasteiger partial charge in [-0.15, -0.1) is 11.3 Å². The number of fused-ring (bicyclic) bond motifs is 2. The zero-order valence-corrected chi connectivity index (χ0v) is 21.7. The number of nitrogens with one attached hydrogen (secondary N) is 3. The number of halogens is 1. The molecule has 1 atom stereocenters. The summed E-state index contributed by atoms with van der Waals surface area (Å²) < 4.78 is 13.7. The zero-order chi connectivity index (χ0) is 26.3. The lowest BCUT2D eigenvalue weighted by molar-refractivity contribution is 0.109. The summed E-state index contributed by atoms with van der Waals surface area (Å²) in [6.45, 7) is 0. The van der Waals surface area contributed by atoms with Gasteiger partial charge in [-0.3, -0.25) is 10.1 Å². The van der Waals surface area contributed by atoms with E-state index >= 15 is 0 Å². The van der Waals surface area contributed by atoms with Crippen LogP contribution < -0.4 is 5.32 Å². The summed E-state index contributed by atoms with van der Waals surface area (Å²) in [4.78, 5) is 22.2. The normalized spacial score (nSPS) is 15.2. The number of pyridine rings is 3. The van der Waals surface area contributed by atoms with Crippen LogP contribution in [-0.2, 0) is 0 Å². The number of nitrogens with zero attached hydrogens (tertiary/aromatic N) is 5. The average molecular weight is 541 g/mol. The molecule has 0 bridgehead atoms. The molecule has 1 fully saturated rings. The third-order valence-corrected chi connectivity index (χ3v) is 8.27. The van der Waals surface area contributed by atoms with Crippen molar-refractivity contribution < 1.29 is 9.50 Å². The van der Waals surface area contributed by atoms with Crippen LogP contribution in [0.5, 0.6) is 0 Å². The van der Waals surface area contributed by atoms with Gasteiger partial charge in [-0.05, 0) is 43.2 Å². The fourth-order valence-electron chi connectivity index (χ4n) is 5.35. The van der Waals surface area contributed by atoms with Crippen LogP contribution in [0.1, 0.15) is 32.1 Å². The number of aliphatic hydroxyl groups is 1. The number of aliphatic hydroxyl groups excluding tert-OH is 1. The Labute approximate surface area is 226 Å². The quantitative estimate of drug-likeness (QED) is 0.187. The van der Waals surface area contributed by atoms with Gasteiger partial charge in [-0.1, -0.05) is 19.3 Å².